The van der Waals surface area contributed by atoms with Crippen LogP contribution in [0, 0.1) is 0 Å². The lowest BCUT2D eigenvalue weighted by atomic mass is 9.78. The Bertz CT molecular complexity index is 595. The Kier molecular flexibility index (Phi) is 2.54. The molecule has 2 heterocycles. The standard InChI is InChI=1S/C17H18N2/c1-2-6-14-13(5-1)12-19-10-9-18-11-17(19)16-8-4-3-7-15(14)16/h1-2,5-6,9-11,15H,3-4,7-8,12H2/t15-/m0/s1. The van der Waals surface area contributed by atoms with Crippen LogP contribution in [0.15, 0.2) is 52.9 Å². The van der Waals surface area contributed by atoms with Crippen LogP contribution in [-0.2, 0) is 6.54 Å². The quantitative estimate of drug-likeness (QED) is 0.680. The van der Waals surface area contributed by atoms with Gasteiger partial charge >= 0.3 is 0 Å². The summed E-state index contributed by atoms with van der Waals surface area (Å²) in [4.78, 5) is 6.72. The maximum Gasteiger partial charge on any atom is 0.0593 e. The third-order valence-electron chi connectivity index (χ3n) is 4.55. The highest BCUT2D eigenvalue weighted by molar-refractivity contribution is 5.81. The Morgan fingerprint density at radius 2 is 2.11 bits per heavy atom. The Balaban J connectivity index is 1.91. The van der Waals surface area contributed by atoms with Gasteiger partial charge in [0.2, 0.25) is 0 Å². The number of benzene rings is 1. The molecule has 1 aromatic rings. The normalized spacial score (nSPS) is 24.6. The fourth-order valence-electron chi connectivity index (χ4n) is 3.66. The van der Waals surface area contributed by atoms with Crippen molar-refractivity contribution < 1.29 is 0 Å². The summed E-state index contributed by atoms with van der Waals surface area (Å²) >= 11 is 0. The summed E-state index contributed by atoms with van der Waals surface area (Å²) in [5.74, 6) is 0.614. The number of hydrogen-bond donors (Lipinski definition) is 0. The molecule has 0 spiro atoms. The Hall–Kier alpha value is -1.83. The molecule has 0 radical (unpaired) electrons. The maximum absolute atomic E-state index is 4.35. The number of rotatable bonds is 0. The summed E-state index contributed by atoms with van der Waals surface area (Å²) in [6.45, 7) is 0.980. The second kappa shape index (κ2) is 4.37. The van der Waals surface area contributed by atoms with Gasteiger partial charge < -0.3 is 4.90 Å². The first-order valence-corrected chi connectivity index (χ1v) is 7.21. The summed E-state index contributed by atoms with van der Waals surface area (Å²) in [6.07, 6.45) is 11.3. The fraction of sp³-hybridized carbons (Fsp3) is 0.353. The first-order chi connectivity index (χ1) is 9.43. The molecule has 0 amide bonds. The zero-order valence-corrected chi connectivity index (χ0v) is 11.0. The summed E-state index contributed by atoms with van der Waals surface area (Å²) in [5, 5.41) is 0. The SMILES string of the molecule is C1=CN2Cc3ccccc3[C@@H]3CCCCC3=C2C=N1. The van der Waals surface area contributed by atoms with E-state index in [0.717, 1.165) is 6.54 Å². The second-order valence-corrected chi connectivity index (χ2v) is 5.61. The van der Waals surface area contributed by atoms with Crippen molar-refractivity contribution in [2.24, 2.45) is 4.99 Å². The second-order valence-electron chi connectivity index (χ2n) is 5.61. The molecular formula is C17H18N2. The van der Waals surface area contributed by atoms with Gasteiger partial charge in [-0.3, -0.25) is 4.99 Å². The molecule has 1 aliphatic carbocycles. The molecule has 0 bridgehead atoms. The van der Waals surface area contributed by atoms with Gasteiger partial charge in [-0.25, -0.2) is 0 Å². The van der Waals surface area contributed by atoms with Crippen molar-refractivity contribution in [3.8, 4) is 0 Å². The van der Waals surface area contributed by atoms with Crippen molar-refractivity contribution in [2.75, 3.05) is 0 Å². The van der Waals surface area contributed by atoms with Crippen molar-refractivity contribution in [2.45, 2.75) is 38.1 Å². The fourth-order valence-corrected chi connectivity index (χ4v) is 3.66. The van der Waals surface area contributed by atoms with Crippen LogP contribution in [0.1, 0.15) is 42.7 Å². The van der Waals surface area contributed by atoms with Crippen LogP contribution in [0.25, 0.3) is 0 Å². The van der Waals surface area contributed by atoms with E-state index in [1.807, 2.05) is 6.20 Å². The molecule has 0 N–H and O–H groups in total. The number of fused-ring (bicyclic) bond motifs is 4. The van der Waals surface area contributed by atoms with Crippen LogP contribution in [0.2, 0.25) is 0 Å². The zero-order chi connectivity index (χ0) is 12.7. The minimum absolute atomic E-state index is 0.614. The average molecular weight is 250 g/mol. The highest BCUT2D eigenvalue weighted by Gasteiger charge is 2.30. The third kappa shape index (κ3) is 1.74. The van der Waals surface area contributed by atoms with Gasteiger partial charge in [0.15, 0.2) is 0 Å². The third-order valence-corrected chi connectivity index (χ3v) is 4.55. The molecule has 1 saturated carbocycles. The summed E-state index contributed by atoms with van der Waals surface area (Å²) in [5.41, 5.74) is 5.97. The van der Waals surface area contributed by atoms with Crippen molar-refractivity contribution in [3.05, 3.63) is 59.1 Å². The van der Waals surface area contributed by atoms with E-state index in [2.05, 4.69) is 46.6 Å². The van der Waals surface area contributed by atoms with Gasteiger partial charge in [-0.2, -0.15) is 0 Å². The average Bonchev–Trinajstić information content (AvgIpc) is 2.62. The maximum atomic E-state index is 4.35. The molecular weight excluding hydrogens is 232 g/mol. The van der Waals surface area contributed by atoms with Crippen LogP contribution in [0.3, 0.4) is 0 Å². The predicted octanol–water partition coefficient (Wildman–Crippen LogP) is 3.97. The van der Waals surface area contributed by atoms with E-state index >= 15 is 0 Å². The zero-order valence-electron chi connectivity index (χ0n) is 11.0. The number of nitrogens with zero attached hydrogens (tertiary/aromatic N) is 2. The smallest absolute Gasteiger partial charge is 0.0593 e. The summed E-state index contributed by atoms with van der Waals surface area (Å²) in [6, 6.07) is 8.95. The van der Waals surface area contributed by atoms with Crippen molar-refractivity contribution >= 4 is 6.21 Å². The van der Waals surface area contributed by atoms with Crippen LogP contribution in [-0.4, -0.2) is 11.1 Å². The minimum atomic E-state index is 0.614. The van der Waals surface area contributed by atoms with E-state index in [4.69, 9.17) is 0 Å². The first kappa shape index (κ1) is 11.0. The Labute approximate surface area is 114 Å². The van der Waals surface area contributed by atoms with Crippen molar-refractivity contribution in [1.29, 1.82) is 0 Å². The molecule has 0 aromatic heterocycles. The lowest BCUT2D eigenvalue weighted by Gasteiger charge is -2.28. The van der Waals surface area contributed by atoms with Gasteiger partial charge in [-0.1, -0.05) is 30.7 Å². The van der Waals surface area contributed by atoms with Crippen molar-refractivity contribution in [1.82, 2.24) is 4.90 Å². The predicted molar refractivity (Wildman–Crippen MR) is 77.9 cm³/mol. The Morgan fingerprint density at radius 1 is 1.16 bits per heavy atom. The van der Waals surface area contributed by atoms with E-state index in [1.54, 1.807) is 11.1 Å². The van der Waals surface area contributed by atoms with Gasteiger partial charge in [0.25, 0.3) is 0 Å². The van der Waals surface area contributed by atoms with Crippen LogP contribution >= 0.6 is 0 Å². The van der Waals surface area contributed by atoms with Crippen LogP contribution in [0.5, 0.6) is 0 Å². The molecule has 1 aromatic carbocycles. The van der Waals surface area contributed by atoms with E-state index in [-0.39, 0.29) is 0 Å². The van der Waals surface area contributed by atoms with E-state index in [1.165, 1.54) is 36.9 Å². The topological polar surface area (TPSA) is 15.6 Å². The minimum Gasteiger partial charge on any atom is -0.341 e. The van der Waals surface area contributed by atoms with Gasteiger partial charge in [-0.15, -0.1) is 0 Å². The van der Waals surface area contributed by atoms with Crippen LogP contribution in [0.4, 0.5) is 0 Å². The van der Waals surface area contributed by atoms with E-state index in [0.29, 0.717) is 5.92 Å². The highest BCUT2D eigenvalue weighted by atomic mass is 15.1. The molecule has 2 nitrogen and oxygen atoms in total. The van der Waals surface area contributed by atoms with E-state index < -0.39 is 0 Å². The first-order valence-electron chi connectivity index (χ1n) is 7.21. The molecule has 1 atom stereocenters. The molecule has 2 heteroatoms. The molecule has 4 rings (SSSR count). The lowest BCUT2D eigenvalue weighted by Crippen LogP contribution is -2.20. The monoisotopic (exact) mass is 250 g/mol. The lowest BCUT2D eigenvalue weighted by molar-refractivity contribution is 0.467. The molecule has 0 unspecified atom stereocenters. The van der Waals surface area contributed by atoms with Gasteiger partial charge in [0.05, 0.1) is 11.9 Å². The molecule has 96 valence electrons. The van der Waals surface area contributed by atoms with Gasteiger partial charge in [0, 0.05) is 24.9 Å². The molecule has 19 heavy (non-hydrogen) atoms. The molecule has 3 aliphatic rings. The number of allylic oxidation sites excluding steroid dienone is 2. The molecule has 0 saturated heterocycles. The summed E-state index contributed by atoms with van der Waals surface area (Å²) < 4.78 is 0. The van der Waals surface area contributed by atoms with Crippen molar-refractivity contribution in [3.63, 3.8) is 0 Å². The largest absolute Gasteiger partial charge is 0.341 e. The molecule has 2 aliphatic heterocycles. The van der Waals surface area contributed by atoms with E-state index in [9.17, 15) is 0 Å². The number of aliphatic imine (C=N–C) groups is 1. The van der Waals surface area contributed by atoms with Gasteiger partial charge in [0.1, 0.15) is 0 Å². The summed E-state index contributed by atoms with van der Waals surface area (Å²) in [7, 11) is 0. The Morgan fingerprint density at radius 3 is 3.11 bits per heavy atom. The van der Waals surface area contributed by atoms with Gasteiger partial charge in [-0.05, 0) is 36.0 Å². The van der Waals surface area contributed by atoms with Crippen LogP contribution < -0.4 is 0 Å². The molecule has 1 fully saturated rings. The number of hydrogen-bond acceptors (Lipinski definition) is 2. The highest BCUT2D eigenvalue weighted by Crippen LogP contribution is 2.43.